The van der Waals surface area contributed by atoms with Crippen molar-refractivity contribution >= 4 is 5.91 Å². The van der Waals surface area contributed by atoms with Crippen LogP contribution >= 0.6 is 0 Å². The third-order valence-corrected chi connectivity index (χ3v) is 2.31. The summed E-state index contributed by atoms with van der Waals surface area (Å²) in [4.78, 5) is 13.3. The highest BCUT2D eigenvalue weighted by molar-refractivity contribution is 5.79. The molecule has 0 bridgehead atoms. The summed E-state index contributed by atoms with van der Waals surface area (Å²) >= 11 is 0. The van der Waals surface area contributed by atoms with E-state index in [0.29, 0.717) is 13.1 Å². The molecule has 0 saturated carbocycles. The Morgan fingerprint density at radius 1 is 1.75 bits per heavy atom. The monoisotopic (exact) mass is 171 g/mol. The van der Waals surface area contributed by atoms with Crippen LogP contribution in [0.3, 0.4) is 0 Å². The van der Waals surface area contributed by atoms with Gasteiger partial charge >= 0.3 is 0 Å². The molecule has 2 atom stereocenters. The highest BCUT2D eigenvalue weighted by atomic mass is 16.2. The SMILES string of the molecule is CC(CN)C(=O)N1CC[C@@H](N)C1. The molecule has 4 N–H and O–H groups in total. The molecule has 0 aromatic carbocycles. The number of likely N-dealkylation sites (tertiary alicyclic amines) is 1. The fourth-order valence-corrected chi connectivity index (χ4v) is 1.40. The highest BCUT2D eigenvalue weighted by Gasteiger charge is 2.25. The molecule has 1 heterocycles. The Morgan fingerprint density at radius 2 is 2.42 bits per heavy atom. The molecule has 1 rings (SSSR count). The molecule has 4 heteroatoms. The fourth-order valence-electron chi connectivity index (χ4n) is 1.40. The summed E-state index contributed by atoms with van der Waals surface area (Å²) in [5.74, 6) is 0.0840. The van der Waals surface area contributed by atoms with E-state index in [4.69, 9.17) is 11.5 Å². The second kappa shape index (κ2) is 3.87. The van der Waals surface area contributed by atoms with Crippen LogP contribution in [0.25, 0.3) is 0 Å². The van der Waals surface area contributed by atoms with Gasteiger partial charge < -0.3 is 16.4 Å². The maximum Gasteiger partial charge on any atom is 0.226 e. The summed E-state index contributed by atoms with van der Waals surface area (Å²) in [7, 11) is 0. The Hall–Kier alpha value is -0.610. The van der Waals surface area contributed by atoms with Gasteiger partial charge in [-0.15, -0.1) is 0 Å². The van der Waals surface area contributed by atoms with E-state index in [1.54, 1.807) is 0 Å². The van der Waals surface area contributed by atoms with E-state index in [2.05, 4.69) is 0 Å². The largest absolute Gasteiger partial charge is 0.341 e. The first-order valence-corrected chi connectivity index (χ1v) is 4.39. The van der Waals surface area contributed by atoms with Crippen molar-refractivity contribution in [2.75, 3.05) is 19.6 Å². The first-order valence-electron chi connectivity index (χ1n) is 4.39. The second-order valence-electron chi connectivity index (χ2n) is 3.47. The van der Waals surface area contributed by atoms with Crippen molar-refractivity contribution < 1.29 is 4.79 Å². The average Bonchev–Trinajstić information content (AvgIpc) is 2.49. The quantitative estimate of drug-likeness (QED) is 0.568. The summed E-state index contributed by atoms with van der Waals surface area (Å²) in [6, 6.07) is 0.166. The van der Waals surface area contributed by atoms with Crippen molar-refractivity contribution in [3.8, 4) is 0 Å². The molecule has 0 aromatic rings. The van der Waals surface area contributed by atoms with Crippen molar-refractivity contribution in [2.45, 2.75) is 19.4 Å². The van der Waals surface area contributed by atoms with Gasteiger partial charge in [-0.3, -0.25) is 4.79 Å². The summed E-state index contributed by atoms with van der Waals surface area (Å²) in [5.41, 5.74) is 11.1. The number of hydrogen-bond acceptors (Lipinski definition) is 3. The number of hydrogen-bond donors (Lipinski definition) is 2. The number of amides is 1. The number of nitrogens with zero attached hydrogens (tertiary/aromatic N) is 1. The summed E-state index contributed by atoms with van der Waals surface area (Å²) < 4.78 is 0. The van der Waals surface area contributed by atoms with Gasteiger partial charge in [0.2, 0.25) is 5.91 Å². The third kappa shape index (κ3) is 1.95. The first-order chi connectivity index (χ1) is 5.65. The van der Waals surface area contributed by atoms with Crippen LogP contribution in [-0.2, 0) is 4.79 Å². The lowest BCUT2D eigenvalue weighted by Crippen LogP contribution is -2.37. The van der Waals surface area contributed by atoms with E-state index < -0.39 is 0 Å². The average molecular weight is 171 g/mol. The topological polar surface area (TPSA) is 72.4 Å². The van der Waals surface area contributed by atoms with E-state index in [1.165, 1.54) is 0 Å². The summed E-state index contributed by atoms with van der Waals surface area (Å²) in [6.07, 6.45) is 0.920. The number of carbonyl (C=O) groups is 1. The lowest BCUT2D eigenvalue weighted by molar-refractivity contribution is -0.133. The van der Waals surface area contributed by atoms with Crippen molar-refractivity contribution in [1.82, 2.24) is 4.90 Å². The Bertz CT molecular complexity index is 172. The molecule has 0 aliphatic carbocycles. The molecule has 1 unspecified atom stereocenters. The zero-order valence-electron chi connectivity index (χ0n) is 7.49. The van der Waals surface area contributed by atoms with Crippen LogP contribution in [0.5, 0.6) is 0 Å². The molecule has 1 aliphatic heterocycles. The molecule has 0 spiro atoms. The molecule has 12 heavy (non-hydrogen) atoms. The van der Waals surface area contributed by atoms with Gasteiger partial charge in [0, 0.05) is 31.6 Å². The van der Waals surface area contributed by atoms with Gasteiger partial charge in [0.1, 0.15) is 0 Å². The Morgan fingerprint density at radius 3 is 2.83 bits per heavy atom. The summed E-state index contributed by atoms with van der Waals surface area (Å²) in [6.45, 7) is 3.77. The van der Waals surface area contributed by atoms with E-state index in [9.17, 15) is 4.79 Å². The predicted molar refractivity (Wildman–Crippen MR) is 47.4 cm³/mol. The smallest absolute Gasteiger partial charge is 0.226 e. The number of carbonyl (C=O) groups excluding carboxylic acids is 1. The van der Waals surface area contributed by atoms with Crippen LogP contribution in [0.4, 0.5) is 0 Å². The molecule has 1 saturated heterocycles. The van der Waals surface area contributed by atoms with Crippen molar-refractivity contribution in [3.63, 3.8) is 0 Å². The minimum atomic E-state index is -0.0599. The minimum absolute atomic E-state index is 0.0599. The van der Waals surface area contributed by atoms with Gasteiger partial charge in [-0.05, 0) is 6.42 Å². The van der Waals surface area contributed by atoms with E-state index in [1.807, 2.05) is 11.8 Å². The normalized spacial score (nSPS) is 25.9. The molecule has 0 aromatic heterocycles. The van der Waals surface area contributed by atoms with Gasteiger partial charge in [0.15, 0.2) is 0 Å². The van der Waals surface area contributed by atoms with Crippen LogP contribution in [0.15, 0.2) is 0 Å². The number of rotatable bonds is 2. The molecule has 1 amide bonds. The minimum Gasteiger partial charge on any atom is -0.341 e. The lowest BCUT2D eigenvalue weighted by Gasteiger charge is -2.19. The zero-order chi connectivity index (χ0) is 9.14. The van der Waals surface area contributed by atoms with Crippen LogP contribution in [0, 0.1) is 5.92 Å². The van der Waals surface area contributed by atoms with Gasteiger partial charge in [-0.1, -0.05) is 6.92 Å². The van der Waals surface area contributed by atoms with Crippen LogP contribution < -0.4 is 11.5 Å². The van der Waals surface area contributed by atoms with Crippen molar-refractivity contribution in [2.24, 2.45) is 17.4 Å². The first kappa shape index (κ1) is 9.48. The lowest BCUT2D eigenvalue weighted by atomic mass is 10.1. The molecule has 1 fully saturated rings. The van der Waals surface area contributed by atoms with E-state index >= 15 is 0 Å². The number of nitrogens with two attached hydrogens (primary N) is 2. The highest BCUT2D eigenvalue weighted by Crippen LogP contribution is 2.10. The molecule has 4 nitrogen and oxygen atoms in total. The van der Waals surface area contributed by atoms with E-state index in [0.717, 1.165) is 13.0 Å². The van der Waals surface area contributed by atoms with Crippen molar-refractivity contribution in [1.29, 1.82) is 0 Å². The standard InChI is InChI=1S/C8H17N3O/c1-6(4-9)8(12)11-3-2-7(10)5-11/h6-7H,2-5,9-10H2,1H3/t6?,7-/m1/s1. The van der Waals surface area contributed by atoms with Gasteiger partial charge in [-0.25, -0.2) is 0 Å². The molecule has 1 aliphatic rings. The van der Waals surface area contributed by atoms with Crippen molar-refractivity contribution in [3.05, 3.63) is 0 Å². The summed E-state index contributed by atoms with van der Waals surface area (Å²) in [5, 5.41) is 0. The van der Waals surface area contributed by atoms with Gasteiger partial charge in [-0.2, -0.15) is 0 Å². The Kier molecular flexibility index (Phi) is 3.05. The second-order valence-corrected chi connectivity index (χ2v) is 3.47. The van der Waals surface area contributed by atoms with Crippen LogP contribution in [0.1, 0.15) is 13.3 Å². The third-order valence-electron chi connectivity index (χ3n) is 2.31. The fraction of sp³-hybridized carbons (Fsp3) is 0.875. The molecular formula is C8H17N3O. The predicted octanol–water partition coefficient (Wildman–Crippen LogP) is -0.859. The maximum absolute atomic E-state index is 11.5. The molecular weight excluding hydrogens is 154 g/mol. The maximum atomic E-state index is 11.5. The molecule has 0 radical (unpaired) electrons. The van der Waals surface area contributed by atoms with Crippen LogP contribution in [-0.4, -0.2) is 36.5 Å². The van der Waals surface area contributed by atoms with Gasteiger partial charge in [0.25, 0.3) is 0 Å². The Labute approximate surface area is 72.9 Å². The van der Waals surface area contributed by atoms with E-state index in [-0.39, 0.29) is 17.9 Å². The van der Waals surface area contributed by atoms with Crippen LogP contribution in [0.2, 0.25) is 0 Å². The zero-order valence-corrected chi connectivity index (χ0v) is 7.49. The van der Waals surface area contributed by atoms with Gasteiger partial charge in [0.05, 0.1) is 0 Å². The Balaban J connectivity index is 2.43. The molecule has 70 valence electrons.